The zero-order valence-corrected chi connectivity index (χ0v) is 12.5. The Morgan fingerprint density at radius 2 is 2.06 bits per heavy atom. The van der Waals surface area contributed by atoms with Gasteiger partial charge in [-0.1, -0.05) is 26.1 Å². The van der Waals surface area contributed by atoms with E-state index in [0.717, 1.165) is 13.1 Å². The van der Waals surface area contributed by atoms with Crippen LogP contribution >= 0.6 is 12.2 Å². The molecule has 0 aliphatic rings. The molecule has 0 unspecified atom stereocenters. The molecule has 0 radical (unpaired) electrons. The highest BCUT2D eigenvalue weighted by molar-refractivity contribution is 7.80. The smallest absolute Gasteiger partial charge is 0.122 e. The number of pyridine rings is 1. The highest BCUT2D eigenvalue weighted by Gasteiger charge is 2.12. The Morgan fingerprint density at radius 3 is 2.56 bits per heavy atom. The van der Waals surface area contributed by atoms with Crippen molar-refractivity contribution in [1.82, 2.24) is 9.88 Å². The second-order valence-electron chi connectivity index (χ2n) is 5.33. The first-order valence-corrected chi connectivity index (χ1v) is 6.79. The van der Waals surface area contributed by atoms with Gasteiger partial charge in [0.1, 0.15) is 4.99 Å². The number of thiocarbonyl (C=S) groups is 1. The molecule has 18 heavy (non-hydrogen) atoms. The van der Waals surface area contributed by atoms with Crippen molar-refractivity contribution in [2.75, 3.05) is 6.54 Å². The van der Waals surface area contributed by atoms with E-state index in [1.807, 2.05) is 12.1 Å². The Morgan fingerprint density at radius 1 is 1.39 bits per heavy atom. The van der Waals surface area contributed by atoms with Crippen LogP contribution in [0.25, 0.3) is 0 Å². The summed E-state index contributed by atoms with van der Waals surface area (Å²) in [5.41, 5.74) is 7.52. The first kappa shape index (κ1) is 15.1. The molecular formula is C14H23N3S. The van der Waals surface area contributed by atoms with Crippen molar-refractivity contribution in [3.8, 4) is 0 Å². The van der Waals surface area contributed by atoms with Gasteiger partial charge in [-0.2, -0.15) is 0 Å². The highest BCUT2D eigenvalue weighted by Crippen LogP contribution is 2.11. The quantitative estimate of drug-likeness (QED) is 0.803. The van der Waals surface area contributed by atoms with Gasteiger partial charge in [-0.3, -0.25) is 9.88 Å². The Bertz CT molecular complexity index is 402. The van der Waals surface area contributed by atoms with Gasteiger partial charge in [-0.25, -0.2) is 0 Å². The Labute approximate surface area is 115 Å². The van der Waals surface area contributed by atoms with Gasteiger partial charge in [0.25, 0.3) is 0 Å². The van der Waals surface area contributed by atoms with Crippen molar-refractivity contribution in [2.24, 2.45) is 11.7 Å². The molecular weight excluding hydrogens is 242 g/mol. The summed E-state index contributed by atoms with van der Waals surface area (Å²) in [5, 5.41) is 0. The van der Waals surface area contributed by atoms with E-state index in [-0.39, 0.29) is 0 Å². The Kier molecular flexibility index (Phi) is 5.69. The summed E-state index contributed by atoms with van der Waals surface area (Å²) < 4.78 is 0. The van der Waals surface area contributed by atoms with Crippen molar-refractivity contribution in [3.05, 3.63) is 29.6 Å². The second kappa shape index (κ2) is 6.81. The number of hydrogen-bond acceptors (Lipinski definition) is 3. The minimum absolute atomic E-state index is 0.358. The van der Waals surface area contributed by atoms with Crippen LogP contribution in [0.3, 0.4) is 0 Å². The number of aromatic nitrogens is 1. The summed E-state index contributed by atoms with van der Waals surface area (Å²) in [6.07, 6.45) is 1.78. The van der Waals surface area contributed by atoms with Gasteiger partial charge in [-0.05, 0) is 37.5 Å². The van der Waals surface area contributed by atoms with Crippen LogP contribution in [0.5, 0.6) is 0 Å². The molecule has 0 atom stereocenters. The second-order valence-corrected chi connectivity index (χ2v) is 5.77. The normalized spacial score (nSPS) is 11.5. The molecule has 4 heteroatoms. The van der Waals surface area contributed by atoms with Crippen LogP contribution in [-0.4, -0.2) is 27.5 Å². The first-order valence-electron chi connectivity index (χ1n) is 6.39. The van der Waals surface area contributed by atoms with Gasteiger partial charge >= 0.3 is 0 Å². The molecule has 0 fully saturated rings. The SMILES string of the molecule is CC(C)CN(Cc1ccnc(C(N)=S)c1)C(C)C. The largest absolute Gasteiger partial charge is 0.388 e. The van der Waals surface area contributed by atoms with E-state index in [9.17, 15) is 0 Å². The van der Waals surface area contributed by atoms with E-state index in [4.69, 9.17) is 18.0 Å². The molecule has 1 aromatic heterocycles. The van der Waals surface area contributed by atoms with Crippen LogP contribution in [0.1, 0.15) is 39.0 Å². The summed E-state index contributed by atoms with van der Waals surface area (Å²) in [7, 11) is 0. The fourth-order valence-electron chi connectivity index (χ4n) is 1.87. The third-order valence-electron chi connectivity index (χ3n) is 2.79. The maximum Gasteiger partial charge on any atom is 0.122 e. The monoisotopic (exact) mass is 265 g/mol. The van der Waals surface area contributed by atoms with Gasteiger partial charge in [0.15, 0.2) is 0 Å². The molecule has 0 aliphatic heterocycles. The third-order valence-corrected chi connectivity index (χ3v) is 3.00. The molecule has 0 saturated heterocycles. The first-order chi connectivity index (χ1) is 8.40. The van der Waals surface area contributed by atoms with Crippen molar-refractivity contribution in [3.63, 3.8) is 0 Å². The Balaban J connectivity index is 2.80. The van der Waals surface area contributed by atoms with Gasteiger partial charge < -0.3 is 5.73 Å². The van der Waals surface area contributed by atoms with Crippen LogP contribution in [0.4, 0.5) is 0 Å². The van der Waals surface area contributed by atoms with Crippen molar-refractivity contribution in [2.45, 2.75) is 40.3 Å². The topological polar surface area (TPSA) is 42.2 Å². The maximum absolute atomic E-state index is 5.61. The van der Waals surface area contributed by atoms with Crippen LogP contribution in [0.15, 0.2) is 18.3 Å². The van der Waals surface area contributed by atoms with E-state index in [2.05, 4.69) is 37.6 Å². The molecule has 1 rings (SSSR count). The maximum atomic E-state index is 5.61. The number of nitrogens with zero attached hydrogens (tertiary/aromatic N) is 2. The lowest BCUT2D eigenvalue weighted by atomic mass is 10.1. The predicted molar refractivity (Wildman–Crippen MR) is 80.5 cm³/mol. The molecule has 3 nitrogen and oxygen atoms in total. The highest BCUT2D eigenvalue weighted by atomic mass is 32.1. The summed E-state index contributed by atoms with van der Waals surface area (Å²) >= 11 is 4.96. The fraction of sp³-hybridized carbons (Fsp3) is 0.571. The Hall–Kier alpha value is -1.00. The van der Waals surface area contributed by atoms with E-state index in [1.165, 1.54) is 5.56 Å². The summed E-state index contributed by atoms with van der Waals surface area (Å²) in [6.45, 7) is 10.9. The molecule has 1 heterocycles. The van der Waals surface area contributed by atoms with Crippen LogP contribution in [0.2, 0.25) is 0 Å². The lowest BCUT2D eigenvalue weighted by Crippen LogP contribution is -2.33. The average Bonchev–Trinajstić information content (AvgIpc) is 2.27. The van der Waals surface area contributed by atoms with Crippen molar-refractivity contribution >= 4 is 17.2 Å². The molecule has 2 N–H and O–H groups in total. The van der Waals surface area contributed by atoms with Crippen LogP contribution in [0, 0.1) is 5.92 Å². The van der Waals surface area contributed by atoms with Crippen molar-refractivity contribution in [1.29, 1.82) is 0 Å². The molecule has 0 bridgehead atoms. The average molecular weight is 265 g/mol. The van der Waals surface area contributed by atoms with Crippen molar-refractivity contribution < 1.29 is 0 Å². The van der Waals surface area contributed by atoms with Gasteiger partial charge in [0, 0.05) is 25.3 Å². The molecule has 0 saturated carbocycles. The van der Waals surface area contributed by atoms with Gasteiger partial charge in [0.05, 0.1) is 5.69 Å². The van der Waals surface area contributed by atoms with E-state index >= 15 is 0 Å². The molecule has 0 aliphatic carbocycles. The van der Waals surface area contributed by atoms with E-state index in [1.54, 1.807) is 6.20 Å². The van der Waals surface area contributed by atoms with E-state index in [0.29, 0.717) is 22.6 Å². The molecule has 0 spiro atoms. The predicted octanol–water partition coefficient (Wildman–Crippen LogP) is 2.58. The third kappa shape index (κ3) is 4.70. The zero-order chi connectivity index (χ0) is 13.7. The van der Waals surface area contributed by atoms with Crippen LogP contribution < -0.4 is 5.73 Å². The van der Waals surface area contributed by atoms with Crippen LogP contribution in [-0.2, 0) is 6.54 Å². The number of nitrogens with two attached hydrogens (primary N) is 1. The molecule has 1 aromatic rings. The zero-order valence-electron chi connectivity index (χ0n) is 11.7. The summed E-state index contributed by atoms with van der Waals surface area (Å²) in [5.74, 6) is 0.657. The standard InChI is InChI=1S/C14H23N3S/c1-10(2)8-17(11(3)4)9-12-5-6-16-13(7-12)14(15)18/h5-7,10-11H,8-9H2,1-4H3,(H2,15,18). The minimum Gasteiger partial charge on any atom is -0.388 e. The van der Waals surface area contributed by atoms with Gasteiger partial charge in [0.2, 0.25) is 0 Å². The van der Waals surface area contributed by atoms with Gasteiger partial charge in [-0.15, -0.1) is 0 Å². The summed E-state index contributed by atoms with van der Waals surface area (Å²) in [6, 6.07) is 4.53. The lowest BCUT2D eigenvalue weighted by molar-refractivity contribution is 0.189. The molecule has 0 aromatic carbocycles. The minimum atomic E-state index is 0.358. The molecule has 0 amide bonds. The number of hydrogen-bond donors (Lipinski definition) is 1. The number of rotatable bonds is 6. The lowest BCUT2D eigenvalue weighted by Gasteiger charge is -2.28. The molecule has 100 valence electrons. The summed E-state index contributed by atoms with van der Waals surface area (Å²) in [4.78, 5) is 6.97. The van der Waals surface area contributed by atoms with E-state index < -0.39 is 0 Å². The fourth-order valence-corrected chi connectivity index (χ4v) is 1.98.